The van der Waals surface area contributed by atoms with Crippen molar-refractivity contribution in [1.82, 2.24) is 4.98 Å². The van der Waals surface area contributed by atoms with Gasteiger partial charge in [0, 0.05) is 27.8 Å². The van der Waals surface area contributed by atoms with Crippen LogP contribution in [0.2, 0.25) is 0 Å². The van der Waals surface area contributed by atoms with Gasteiger partial charge in [-0.25, -0.2) is 4.98 Å². The molecule has 0 aliphatic heterocycles. The van der Waals surface area contributed by atoms with Crippen LogP contribution >= 0.6 is 22.7 Å². The molecule has 2 aromatic heterocycles. The van der Waals surface area contributed by atoms with Crippen LogP contribution in [0.15, 0.2) is 41.8 Å². The van der Waals surface area contributed by atoms with E-state index in [1.807, 2.05) is 5.38 Å². The van der Waals surface area contributed by atoms with Crippen molar-refractivity contribution in [2.24, 2.45) is 0 Å². The van der Waals surface area contributed by atoms with Crippen molar-refractivity contribution in [3.8, 4) is 10.4 Å². The summed E-state index contributed by atoms with van der Waals surface area (Å²) in [5, 5.41) is 16.2. The highest BCUT2D eigenvalue weighted by atomic mass is 32.1. The van der Waals surface area contributed by atoms with E-state index in [1.54, 1.807) is 24.3 Å². The van der Waals surface area contributed by atoms with E-state index < -0.39 is 4.92 Å². The van der Waals surface area contributed by atoms with Gasteiger partial charge in [-0.1, -0.05) is 32.9 Å². The Morgan fingerprint density at radius 2 is 2.00 bits per heavy atom. The Morgan fingerprint density at radius 3 is 2.65 bits per heavy atom. The molecule has 1 aromatic carbocycles. The summed E-state index contributed by atoms with van der Waals surface area (Å²) in [6, 6.07) is 9.88. The third-order valence-corrected chi connectivity index (χ3v) is 5.56. The average molecular weight is 387 g/mol. The van der Waals surface area contributed by atoms with Gasteiger partial charge in [-0.05, 0) is 17.7 Å². The fraction of sp³-hybridized carbons (Fsp3) is 0.222. The fourth-order valence-electron chi connectivity index (χ4n) is 2.22. The monoisotopic (exact) mass is 387 g/mol. The Bertz CT molecular complexity index is 970. The van der Waals surface area contributed by atoms with Crippen LogP contribution in [0.4, 0.5) is 10.8 Å². The summed E-state index contributed by atoms with van der Waals surface area (Å²) < 4.78 is 0. The van der Waals surface area contributed by atoms with Crippen LogP contribution in [0.5, 0.6) is 0 Å². The Hall–Kier alpha value is -2.58. The van der Waals surface area contributed by atoms with Crippen molar-refractivity contribution in [2.75, 3.05) is 5.32 Å². The van der Waals surface area contributed by atoms with Crippen LogP contribution in [0.1, 0.15) is 36.1 Å². The number of amides is 1. The average Bonchev–Trinajstić information content (AvgIpc) is 3.24. The molecule has 0 radical (unpaired) electrons. The van der Waals surface area contributed by atoms with E-state index >= 15 is 0 Å². The van der Waals surface area contributed by atoms with E-state index in [2.05, 4.69) is 31.1 Å². The fourth-order valence-corrected chi connectivity index (χ4v) is 4.05. The molecule has 26 heavy (non-hydrogen) atoms. The van der Waals surface area contributed by atoms with E-state index in [-0.39, 0.29) is 17.0 Å². The molecule has 1 amide bonds. The van der Waals surface area contributed by atoms with Gasteiger partial charge >= 0.3 is 0 Å². The second kappa shape index (κ2) is 6.97. The van der Waals surface area contributed by atoms with Crippen LogP contribution in [0.25, 0.3) is 10.4 Å². The second-order valence-electron chi connectivity index (χ2n) is 6.71. The highest BCUT2D eigenvalue weighted by Gasteiger charge is 2.19. The van der Waals surface area contributed by atoms with Crippen molar-refractivity contribution < 1.29 is 9.72 Å². The first-order valence-electron chi connectivity index (χ1n) is 7.86. The zero-order valence-electron chi connectivity index (χ0n) is 14.5. The van der Waals surface area contributed by atoms with Crippen molar-refractivity contribution in [3.63, 3.8) is 0 Å². The lowest BCUT2D eigenvalue weighted by Crippen LogP contribution is -2.13. The molecule has 1 N–H and O–H groups in total. The normalized spacial score (nSPS) is 11.3. The Morgan fingerprint density at radius 1 is 1.23 bits per heavy atom. The number of carbonyl (C=O) groups excluding carboxylic acids is 1. The molecule has 0 fully saturated rings. The van der Waals surface area contributed by atoms with E-state index in [1.165, 1.54) is 34.8 Å². The molecule has 8 heteroatoms. The molecular formula is C18H17N3O3S2. The lowest BCUT2D eigenvalue weighted by Gasteiger charge is -2.14. The highest BCUT2D eigenvalue weighted by Crippen LogP contribution is 2.31. The number of nitro benzene ring substituents is 1. The molecule has 3 rings (SSSR count). The summed E-state index contributed by atoms with van der Waals surface area (Å²) in [7, 11) is 0. The van der Waals surface area contributed by atoms with Gasteiger partial charge in [0.05, 0.1) is 15.5 Å². The van der Waals surface area contributed by atoms with Crippen molar-refractivity contribution in [2.45, 2.75) is 26.2 Å². The van der Waals surface area contributed by atoms with Gasteiger partial charge in [-0.15, -0.1) is 22.7 Å². The molecule has 134 valence electrons. The summed E-state index contributed by atoms with van der Waals surface area (Å²) in [5.74, 6) is -0.235. The van der Waals surface area contributed by atoms with Gasteiger partial charge in [0.15, 0.2) is 5.13 Å². The molecule has 0 bridgehead atoms. The van der Waals surface area contributed by atoms with Gasteiger partial charge in [0.1, 0.15) is 0 Å². The Balaban J connectivity index is 1.77. The van der Waals surface area contributed by atoms with Crippen molar-refractivity contribution in [1.29, 1.82) is 0 Å². The van der Waals surface area contributed by atoms with Crippen LogP contribution in [0.3, 0.4) is 0 Å². The van der Waals surface area contributed by atoms with Gasteiger partial charge in [-0.2, -0.15) is 0 Å². The molecule has 0 aliphatic rings. The zero-order valence-corrected chi connectivity index (χ0v) is 16.1. The minimum absolute atomic E-state index is 0.0272. The van der Waals surface area contributed by atoms with Crippen LogP contribution in [-0.4, -0.2) is 15.8 Å². The summed E-state index contributed by atoms with van der Waals surface area (Å²) in [6.45, 7) is 6.20. The topological polar surface area (TPSA) is 85.1 Å². The Labute approximate surface area is 158 Å². The second-order valence-corrected chi connectivity index (χ2v) is 8.66. The predicted molar refractivity (Wildman–Crippen MR) is 105 cm³/mol. The number of non-ortho nitro benzene ring substituents is 1. The van der Waals surface area contributed by atoms with Gasteiger partial charge in [0.2, 0.25) is 0 Å². The lowest BCUT2D eigenvalue weighted by molar-refractivity contribution is -0.384. The number of rotatable bonds is 4. The number of nitrogens with one attached hydrogen (secondary N) is 1. The maximum Gasteiger partial charge on any atom is 0.270 e. The molecular weight excluding hydrogens is 370 g/mol. The van der Waals surface area contributed by atoms with E-state index in [0.717, 1.165) is 10.6 Å². The molecule has 6 nitrogen and oxygen atoms in total. The number of anilines is 1. The molecule has 3 aromatic rings. The number of nitro groups is 1. The maximum absolute atomic E-state index is 12.5. The largest absolute Gasteiger partial charge is 0.297 e. The van der Waals surface area contributed by atoms with Crippen molar-refractivity contribution in [3.05, 3.63) is 62.5 Å². The predicted octanol–water partition coefficient (Wildman–Crippen LogP) is 5.33. The number of nitrogens with zero attached hydrogens (tertiary/aromatic N) is 2. The first-order valence-corrected chi connectivity index (χ1v) is 9.56. The minimum atomic E-state index is -0.431. The third-order valence-electron chi connectivity index (χ3n) is 3.66. The standard InChI is InChI=1S/C18H17N3O3S2/c1-18(2,3)15-10-25-17(19-15)20-16(22)14-8-7-13(26-14)11-5-4-6-12(9-11)21(23)24/h4-10H,1-3H3,(H,19,20,22). The molecule has 0 atom stereocenters. The smallest absolute Gasteiger partial charge is 0.270 e. The summed E-state index contributed by atoms with van der Waals surface area (Å²) in [5.41, 5.74) is 1.60. The van der Waals surface area contributed by atoms with E-state index in [9.17, 15) is 14.9 Å². The lowest BCUT2D eigenvalue weighted by atomic mass is 9.93. The number of aromatic nitrogens is 1. The molecule has 0 saturated heterocycles. The molecule has 2 heterocycles. The maximum atomic E-state index is 12.5. The minimum Gasteiger partial charge on any atom is -0.297 e. The number of thiophene rings is 1. The van der Waals surface area contributed by atoms with Gasteiger partial charge in [-0.3, -0.25) is 20.2 Å². The SMILES string of the molecule is CC(C)(C)c1csc(NC(=O)c2ccc(-c3cccc([N+](=O)[O-])c3)s2)n1. The number of thiazole rings is 1. The number of hydrogen-bond acceptors (Lipinski definition) is 6. The van der Waals surface area contributed by atoms with E-state index in [4.69, 9.17) is 0 Å². The van der Waals surface area contributed by atoms with Gasteiger partial charge < -0.3 is 0 Å². The summed E-state index contributed by atoms with van der Waals surface area (Å²) in [6.07, 6.45) is 0. The number of benzene rings is 1. The highest BCUT2D eigenvalue weighted by molar-refractivity contribution is 7.17. The number of carbonyl (C=O) groups is 1. The molecule has 0 saturated carbocycles. The quantitative estimate of drug-likeness (QED) is 0.484. The summed E-state index contributed by atoms with van der Waals surface area (Å²) in [4.78, 5) is 28.7. The third kappa shape index (κ3) is 3.97. The van der Waals surface area contributed by atoms with Gasteiger partial charge in [0.25, 0.3) is 11.6 Å². The first-order chi connectivity index (χ1) is 12.2. The van der Waals surface area contributed by atoms with Crippen LogP contribution in [0, 0.1) is 10.1 Å². The van der Waals surface area contributed by atoms with Crippen LogP contribution < -0.4 is 5.32 Å². The van der Waals surface area contributed by atoms with E-state index in [0.29, 0.717) is 15.6 Å². The summed E-state index contributed by atoms with van der Waals surface area (Å²) >= 11 is 2.68. The Kier molecular flexibility index (Phi) is 4.88. The first kappa shape index (κ1) is 18.2. The van der Waals surface area contributed by atoms with Crippen molar-refractivity contribution >= 4 is 39.4 Å². The molecule has 0 aliphatic carbocycles. The number of hydrogen-bond donors (Lipinski definition) is 1. The van der Waals surface area contributed by atoms with Crippen LogP contribution in [-0.2, 0) is 5.41 Å². The molecule has 0 spiro atoms. The zero-order chi connectivity index (χ0) is 18.9. The molecule has 0 unspecified atom stereocenters.